The second-order valence-corrected chi connectivity index (χ2v) is 6.67. The molecule has 0 bridgehead atoms. The molecule has 0 aromatic heterocycles. The van der Waals surface area contributed by atoms with Gasteiger partial charge in [-0.05, 0) is 30.5 Å². The molecule has 2 saturated heterocycles. The molecule has 26 heavy (non-hydrogen) atoms. The highest BCUT2D eigenvalue weighted by Crippen LogP contribution is 2.38. The second kappa shape index (κ2) is 8.28. The Labute approximate surface area is 167 Å². The van der Waals surface area contributed by atoms with E-state index in [1.807, 2.05) is 4.90 Å². The Morgan fingerprint density at radius 1 is 1.35 bits per heavy atom. The number of rotatable bonds is 2. The van der Waals surface area contributed by atoms with Crippen LogP contribution in [0.2, 0.25) is 0 Å². The Balaban J connectivity index is 0.00000243. The first-order chi connectivity index (χ1) is 11.8. The van der Waals surface area contributed by atoms with Gasteiger partial charge < -0.3 is 15.0 Å². The van der Waals surface area contributed by atoms with E-state index in [9.17, 15) is 17.6 Å². The number of hydrogen-bond acceptors (Lipinski definition) is 2. The molecule has 1 aromatic rings. The average molecular weight is 487 g/mol. The summed E-state index contributed by atoms with van der Waals surface area (Å²) in [6.07, 6.45) is -2.61. The molecule has 1 spiro atoms. The van der Waals surface area contributed by atoms with Gasteiger partial charge in [-0.15, -0.1) is 24.0 Å². The summed E-state index contributed by atoms with van der Waals surface area (Å²) in [5.41, 5.74) is -0.837. The number of alkyl halides is 3. The maximum atomic E-state index is 13.2. The smallest absolute Gasteiger partial charge is 0.381 e. The zero-order chi connectivity index (χ0) is 18.1. The van der Waals surface area contributed by atoms with Crippen LogP contribution in [0.4, 0.5) is 17.6 Å². The van der Waals surface area contributed by atoms with Crippen LogP contribution in [0.15, 0.2) is 23.2 Å². The zero-order valence-corrected chi connectivity index (χ0v) is 16.7. The first-order valence-corrected chi connectivity index (χ1v) is 8.22. The van der Waals surface area contributed by atoms with E-state index >= 15 is 0 Å². The van der Waals surface area contributed by atoms with Crippen molar-refractivity contribution in [3.63, 3.8) is 0 Å². The lowest BCUT2D eigenvalue weighted by molar-refractivity contribution is -0.138. The van der Waals surface area contributed by atoms with E-state index in [1.165, 1.54) is 0 Å². The molecule has 2 aliphatic heterocycles. The topological polar surface area (TPSA) is 36.9 Å². The van der Waals surface area contributed by atoms with Gasteiger partial charge in [-0.3, -0.25) is 4.99 Å². The standard InChI is InChI=1S/C17H21F4N3O.HI/c1-22-15(24-6-4-16(10-24)5-7-25-11-16)23-9-12-2-3-13(18)8-14(12)17(19,20)21;/h2-3,8H,4-7,9-11H2,1H3,(H,22,23);1H. The van der Waals surface area contributed by atoms with E-state index in [1.54, 1.807) is 7.05 Å². The molecule has 2 heterocycles. The number of aliphatic imine (C=N–C) groups is 1. The fourth-order valence-corrected chi connectivity index (χ4v) is 3.56. The number of hydrogen-bond donors (Lipinski definition) is 1. The fourth-order valence-electron chi connectivity index (χ4n) is 3.56. The first kappa shape index (κ1) is 21.2. The van der Waals surface area contributed by atoms with Crippen LogP contribution in [0, 0.1) is 11.2 Å². The summed E-state index contributed by atoms with van der Waals surface area (Å²) >= 11 is 0. The molecule has 9 heteroatoms. The Morgan fingerprint density at radius 3 is 2.73 bits per heavy atom. The molecule has 0 saturated carbocycles. The van der Waals surface area contributed by atoms with Gasteiger partial charge in [0.15, 0.2) is 5.96 Å². The van der Waals surface area contributed by atoms with E-state index in [-0.39, 0.29) is 41.5 Å². The highest BCUT2D eigenvalue weighted by molar-refractivity contribution is 14.0. The summed E-state index contributed by atoms with van der Waals surface area (Å²) in [6, 6.07) is 2.73. The highest BCUT2D eigenvalue weighted by Gasteiger charge is 2.42. The van der Waals surface area contributed by atoms with Gasteiger partial charge >= 0.3 is 6.18 Å². The quantitative estimate of drug-likeness (QED) is 0.300. The number of benzene rings is 1. The van der Waals surface area contributed by atoms with Crippen molar-refractivity contribution in [2.75, 3.05) is 33.4 Å². The van der Waals surface area contributed by atoms with Gasteiger partial charge in [0, 0.05) is 38.7 Å². The Kier molecular flexibility index (Phi) is 6.75. The number of guanidine groups is 1. The van der Waals surface area contributed by atoms with Crippen LogP contribution in [0.25, 0.3) is 0 Å². The lowest BCUT2D eigenvalue weighted by Gasteiger charge is -2.25. The number of nitrogens with zero attached hydrogens (tertiary/aromatic N) is 2. The van der Waals surface area contributed by atoms with Crippen molar-refractivity contribution in [3.05, 3.63) is 35.1 Å². The molecule has 146 valence electrons. The third-order valence-corrected chi connectivity index (χ3v) is 4.95. The molecular weight excluding hydrogens is 465 g/mol. The van der Waals surface area contributed by atoms with Crippen LogP contribution >= 0.6 is 24.0 Å². The molecular formula is C17H22F4IN3O. The minimum atomic E-state index is -4.60. The summed E-state index contributed by atoms with van der Waals surface area (Å²) in [5.74, 6) is -0.343. The maximum Gasteiger partial charge on any atom is 0.416 e. The van der Waals surface area contributed by atoms with E-state index in [2.05, 4.69) is 10.3 Å². The lowest BCUT2D eigenvalue weighted by Crippen LogP contribution is -2.41. The molecule has 1 unspecified atom stereocenters. The van der Waals surface area contributed by atoms with Crippen LogP contribution in [-0.4, -0.2) is 44.2 Å². The summed E-state index contributed by atoms with van der Waals surface area (Å²) < 4.78 is 57.9. The van der Waals surface area contributed by atoms with Gasteiger partial charge in [-0.2, -0.15) is 13.2 Å². The number of likely N-dealkylation sites (tertiary alicyclic amines) is 1. The Morgan fingerprint density at radius 2 is 2.12 bits per heavy atom. The van der Waals surface area contributed by atoms with Gasteiger partial charge in [0.05, 0.1) is 12.2 Å². The molecule has 2 aliphatic rings. The third-order valence-electron chi connectivity index (χ3n) is 4.95. The highest BCUT2D eigenvalue weighted by atomic mass is 127. The minimum Gasteiger partial charge on any atom is -0.381 e. The summed E-state index contributed by atoms with van der Waals surface area (Å²) in [4.78, 5) is 6.23. The molecule has 0 aliphatic carbocycles. The van der Waals surface area contributed by atoms with Gasteiger partial charge in [-0.1, -0.05) is 6.07 Å². The zero-order valence-electron chi connectivity index (χ0n) is 14.4. The Hall–Kier alpha value is -1.10. The lowest BCUT2D eigenvalue weighted by atomic mass is 9.87. The van der Waals surface area contributed by atoms with Crippen LogP contribution < -0.4 is 5.32 Å². The number of ether oxygens (including phenoxy) is 1. The van der Waals surface area contributed by atoms with Gasteiger partial charge in [0.1, 0.15) is 5.82 Å². The molecule has 3 rings (SSSR count). The molecule has 0 radical (unpaired) electrons. The van der Waals surface area contributed by atoms with Crippen molar-refractivity contribution >= 4 is 29.9 Å². The first-order valence-electron chi connectivity index (χ1n) is 8.22. The monoisotopic (exact) mass is 487 g/mol. The normalized spacial score (nSPS) is 23.4. The number of halogens is 5. The molecule has 0 amide bonds. The summed E-state index contributed by atoms with van der Waals surface area (Å²) in [7, 11) is 1.60. The minimum absolute atomic E-state index is 0. The van der Waals surface area contributed by atoms with Crippen molar-refractivity contribution in [2.45, 2.75) is 25.6 Å². The average Bonchev–Trinajstić information content (AvgIpc) is 3.19. The molecule has 1 atom stereocenters. The fraction of sp³-hybridized carbons (Fsp3) is 0.588. The maximum absolute atomic E-state index is 13.2. The predicted octanol–water partition coefficient (Wildman–Crippen LogP) is 3.65. The molecule has 1 N–H and O–H groups in total. The van der Waals surface area contributed by atoms with E-state index in [0.29, 0.717) is 12.0 Å². The molecule has 2 fully saturated rings. The van der Waals surface area contributed by atoms with E-state index in [0.717, 1.165) is 51.3 Å². The molecule has 1 aromatic carbocycles. The van der Waals surface area contributed by atoms with Crippen molar-refractivity contribution < 1.29 is 22.3 Å². The van der Waals surface area contributed by atoms with E-state index < -0.39 is 17.6 Å². The van der Waals surface area contributed by atoms with Crippen molar-refractivity contribution in [1.82, 2.24) is 10.2 Å². The van der Waals surface area contributed by atoms with Crippen molar-refractivity contribution in [3.8, 4) is 0 Å². The SMILES string of the molecule is CN=C(NCc1ccc(F)cc1C(F)(F)F)N1CCC2(CCOC2)C1.I. The van der Waals surface area contributed by atoms with Crippen LogP contribution in [0.5, 0.6) is 0 Å². The van der Waals surface area contributed by atoms with Crippen molar-refractivity contribution in [1.29, 1.82) is 0 Å². The van der Waals surface area contributed by atoms with Crippen LogP contribution in [0.1, 0.15) is 24.0 Å². The van der Waals surface area contributed by atoms with Gasteiger partial charge in [0.2, 0.25) is 0 Å². The van der Waals surface area contributed by atoms with E-state index in [4.69, 9.17) is 4.74 Å². The van der Waals surface area contributed by atoms with Crippen LogP contribution in [0.3, 0.4) is 0 Å². The van der Waals surface area contributed by atoms with Crippen molar-refractivity contribution in [2.24, 2.45) is 10.4 Å². The summed E-state index contributed by atoms with van der Waals surface area (Å²) in [6.45, 7) is 2.98. The van der Waals surface area contributed by atoms with Crippen LogP contribution in [-0.2, 0) is 17.5 Å². The second-order valence-electron chi connectivity index (χ2n) is 6.67. The third kappa shape index (κ3) is 4.59. The Bertz CT molecular complexity index is 660. The van der Waals surface area contributed by atoms with Gasteiger partial charge in [-0.25, -0.2) is 4.39 Å². The predicted molar refractivity (Wildman–Crippen MR) is 101 cm³/mol. The molecule has 4 nitrogen and oxygen atoms in total. The van der Waals surface area contributed by atoms with Gasteiger partial charge in [0.25, 0.3) is 0 Å². The largest absolute Gasteiger partial charge is 0.416 e. The summed E-state index contributed by atoms with van der Waals surface area (Å²) in [5, 5.41) is 2.98. The number of nitrogens with one attached hydrogen (secondary N) is 1.